The van der Waals surface area contributed by atoms with E-state index in [0.29, 0.717) is 6.42 Å². The van der Waals surface area contributed by atoms with Gasteiger partial charge >= 0.3 is 0 Å². The van der Waals surface area contributed by atoms with Crippen molar-refractivity contribution in [2.75, 3.05) is 7.11 Å². The highest BCUT2D eigenvalue weighted by Gasteiger charge is 2.32. The van der Waals surface area contributed by atoms with Crippen LogP contribution in [0.4, 0.5) is 0 Å². The Morgan fingerprint density at radius 3 is 2.71 bits per heavy atom. The van der Waals surface area contributed by atoms with Crippen molar-refractivity contribution < 1.29 is 18.3 Å². The Bertz CT molecular complexity index is 621. The minimum atomic E-state index is -3.83. The summed E-state index contributed by atoms with van der Waals surface area (Å²) in [5, 5.41) is 9.41. The molecular weight excluding hydrogens is 337 g/mol. The van der Waals surface area contributed by atoms with Gasteiger partial charge in [0.2, 0.25) is 10.0 Å². The number of hydrogen-bond donors (Lipinski definition) is 2. The maximum Gasteiger partial charge on any atom is 0.242 e. The zero-order chi connectivity index (χ0) is 15.6. The molecule has 5 nitrogen and oxygen atoms in total. The molecule has 0 radical (unpaired) electrons. The van der Waals surface area contributed by atoms with Gasteiger partial charge in [0.15, 0.2) is 0 Å². The average molecular weight is 354 g/mol. The van der Waals surface area contributed by atoms with Crippen LogP contribution >= 0.6 is 23.2 Å². The third-order valence-electron chi connectivity index (χ3n) is 3.60. The van der Waals surface area contributed by atoms with Crippen LogP contribution in [-0.4, -0.2) is 32.8 Å². The van der Waals surface area contributed by atoms with Gasteiger partial charge in [-0.1, -0.05) is 23.2 Å². The number of nitrogens with one attached hydrogen (secondary N) is 1. The molecule has 1 fully saturated rings. The molecule has 2 atom stereocenters. The highest BCUT2D eigenvalue weighted by Crippen LogP contribution is 2.31. The smallest absolute Gasteiger partial charge is 0.242 e. The summed E-state index contributed by atoms with van der Waals surface area (Å²) in [6.45, 7) is -0.383. The highest BCUT2D eigenvalue weighted by atomic mass is 35.5. The van der Waals surface area contributed by atoms with E-state index < -0.39 is 10.0 Å². The molecule has 0 bridgehead atoms. The molecule has 1 aromatic rings. The van der Waals surface area contributed by atoms with E-state index >= 15 is 0 Å². The molecule has 0 amide bonds. The fourth-order valence-electron chi connectivity index (χ4n) is 2.53. The van der Waals surface area contributed by atoms with Gasteiger partial charge in [-0.3, -0.25) is 0 Å². The van der Waals surface area contributed by atoms with Crippen molar-refractivity contribution in [2.45, 2.75) is 42.9 Å². The zero-order valence-electron chi connectivity index (χ0n) is 11.5. The van der Waals surface area contributed by atoms with Crippen molar-refractivity contribution in [3.05, 3.63) is 27.7 Å². The summed E-state index contributed by atoms with van der Waals surface area (Å²) in [6.07, 6.45) is 2.28. The maximum absolute atomic E-state index is 12.5. The van der Waals surface area contributed by atoms with Crippen molar-refractivity contribution in [3.8, 4) is 0 Å². The molecule has 21 heavy (non-hydrogen) atoms. The van der Waals surface area contributed by atoms with Gasteiger partial charge in [0.25, 0.3) is 0 Å². The van der Waals surface area contributed by atoms with Crippen LogP contribution in [0.15, 0.2) is 17.0 Å². The van der Waals surface area contributed by atoms with Gasteiger partial charge in [-0.15, -0.1) is 0 Å². The molecule has 2 N–H and O–H groups in total. The molecule has 0 saturated heterocycles. The molecule has 8 heteroatoms. The molecule has 0 aliphatic heterocycles. The van der Waals surface area contributed by atoms with Crippen molar-refractivity contribution in [1.82, 2.24) is 4.72 Å². The van der Waals surface area contributed by atoms with Crippen LogP contribution < -0.4 is 4.72 Å². The number of sulfonamides is 1. The molecule has 1 aromatic carbocycles. The van der Waals surface area contributed by atoms with Gasteiger partial charge < -0.3 is 9.84 Å². The third kappa shape index (κ3) is 3.70. The number of aliphatic hydroxyl groups is 1. The first-order chi connectivity index (χ1) is 9.89. The Balaban J connectivity index is 2.34. The predicted octanol–water partition coefficient (Wildman–Crippen LogP) is 2.33. The standard InChI is InChI=1S/C13H17Cl2NO4S/c1-20-11-4-2-3-10(11)16-21(18,19)12-6-9(14)5-8(7-17)13(12)15/h5-6,10-11,16-17H,2-4,7H2,1H3. The Labute approximate surface area is 134 Å². The van der Waals surface area contributed by atoms with Crippen molar-refractivity contribution >= 4 is 33.2 Å². The van der Waals surface area contributed by atoms with Crippen LogP contribution in [0.25, 0.3) is 0 Å². The molecule has 118 valence electrons. The van der Waals surface area contributed by atoms with Gasteiger partial charge in [0.1, 0.15) is 4.90 Å². The first-order valence-electron chi connectivity index (χ1n) is 6.53. The lowest BCUT2D eigenvalue weighted by Crippen LogP contribution is -2.40. The fraction of sp³-hybridized carbons (Fsp3) is 0.538. The monoisotopic (exact) mass is 353 g/mol. The first-order valence-corrected chi connectivity index (χ1v) is 8.77. The molecule has 0 spiro atoms. The Hall–Kier alpha value is -0.370. The first kappa shape index (κ1) is 17.0. The maximum atomic E-state index is 12.5. The minimum absolute atomic E-state index is 0.0126. The lowest BCUT2D eigenvalue weighted by molar-refractivity contribution is 0.0916. The SMILES string of the molecule is COC1CCCC1NS(=O)(=O)c1cc(Cl)cc(CO)c1Cl. The van der Waals surface area contributed by atoms with Crippen molar-refractivity contribution in [2.24, 2.45) is 0 Å². The van der Waals surface area contributed by atoms with Crippen LogP contribution in [0.5, 0.6) is 0 Å². The molecule has 1 aliphatic rings. The van der Waals surface area contributed by atoms with Gasteiger partial charge in [-0.2, -0.15) is 0 Å². The van der Waals surface area contributed by atoms with E-state index in [9.17, 15) is 13.5 Å². The van der Waals surface area contributed by atoms with E-state index in [2.05, 4.69) is 4.72 Å². The Kier molecular flexibility index (Phi) is 5.51. The van der Waals surface area contributed by atoms with Gasteiger partial charge in [0.05, 0.1) is 17.7 Å². The highest BCUT2D eigenvalue weighted by molar-refractivity contribution is 7.89. The fourth-order valence-corrected chi connectivity index (χ4v) is 4.76. The summed E-state index contributed by atoms with van der Waals surface area (Å²) >= 11 is 11.9. The summed E-state index contributed by atoms with van der Waals surface area (Å²) in [5.74, 6) is 0. The lowest BCUT2D eigenvalue weighted by atomic mass is 10.2. The van der Waals surface area contributed by atoms with E-state index in [1.54, 1.807) is 7.11 Å². The summed E-state index contributed by atoms with van der Waals surface area (Å²) < 4.78 is 32.9. The minimum Gasteiger partial charge on any atom is -0.392 e. The second kappa shape index (κ2) is 6.81. The third-order valence-corrected chi connectivity index (χ3v) is 5.89. The summed E-state index contributed by atoms with van der Waals surface area (Å²) in [7, 11) is -2.27. The van der Waals surface area contributed by atoms with Crippen LogP contribution in [0.2, 0.25) is 10.0 Å². The molecule has 1 saturated carbocycles. The molecule has 2 unspecified atom stereocenters. The van der Waals surface area contributed by atoms with Gasteiger partial charge in [-0.25, -0.2) is 13.1 Å². The van der Waals surface area contributed by atoms with Crippen LogP contribution in [0.3, 0.4) is 0 Å². The predicted molar refractivity (Wildman–Crippen MR) is 81.1 cm³/mol. The number of rotatable bonds is 5. The van der Waals surface area contributed by atoms with Crippen LogP contribution in [0.1, 0.15) is 24.8 Å². The second-order valence-corrected chi connectivity index (χ2v) is 7.46. The number of benzene rings is 1. The van der Waals surface area contributed by atoms with Gasteiger partial charge in [0, 0.05) is 18.2 Å². The van der Waals surface area contributed by atoms with E-state index in [0.717, 1.165) is 12.8 Å². The Morgan fingerprint density at radius 2 is 2.10 bits per heavy atom. The summed E-state index contributed by atoms with van der Waals surface area (Å²) in [5.41, 5.74) is 0.277. The van der Waals surface area contributed by atoms with Crippen LogP contribution in [0, 0.1) is 0 Å². The Morgan fingerprint density at radius 1 is 1.38 bits per heavy atom. The van der Waals surface area contributed by atoms with E-state index in [1.165, 1.54) is 12.1 Å². The molecule has 0 aromatic heterocycles. The summed E-state index contributed by atoms with van der Waals surface area (Å²) in [6, 6.07) is 2.44. The van der Waals surface area contributed by atoms with E-state index in [1.807, 2.05) is 0 Å². The molecule has 2 rings (SSSR count). The normalized spacial score (nSPS) is 22.7. The number of hydrogen-bond acceptors (Lipinski definition) is 4. The van der Waals surface area contributed by atoms with Gasteiger partial charge in [-0.05, 0) is 37.0 Å². The quantitative estimate of drug-likeness (QED) is 0.851. The zero-order valence-corrected chi connectivity index (χ0v) is 13.8. The number of aliphatic hydroxyl groups excluding tert-OH is 1. The topological polar surface area (TPSA) is 75.6 Å². The van der Waals surface area contributed by atoms with Crippen molar-refractivity contribution in [3.63, 3.8) is 0 Å². The second-order valence-electron chi connectivity index (χ2n) is 4.97. The number of ether oxygens (including phenoxy) is 1. The molecule has 1 aliphatic carbocycles. The number of halogens is 2. The average Bonchev–Trinajstić information content (AvgIpc) is 2.87. The molecular formula is C13H17Cl2NO4S. The number of methoxy groups -OCH3 is 1. The largest absolute Gasteiger partial charge is 0.392 e. The van der Waals surface area contributed by atoms with Crippen LogP contribution in [-0.2, 0) is 21.4 Å². The van der Waals surface area contributed by atoms with E-state index in [4.69, 9.17) is 27.9 Å². The van der Waals surface area contributed by atoms with E-state index in [-0.39, 0.29) is 39.3 Å². The summed E-state index contributed by atoms with van der Waals surface area (Å²) in [4.78, 5) is -0.123. The molecule has 0 heterocycles. The lowest BCUT2D eigenvalue weighted by Gasteiger charge is -2.20. The van der Waals surface area contributed by atoms with Crippen molar-refractivity contribution in [1.29, 1.82) is 0 Å².